The third kappa shape index (κ3) is 6.10. The van der Waals surface area contributed by atoms with Gasteiger partial charge in [-0.25, -0.2) is 9.98 Å². The number of hydrogen-bond acceptors (Lipinski definition) is 4. The van der Waals surface area contributed by atoms with E-state index in [-0.39, 0.29) is 0 Å². The highest BCUT2D eigenvalue weighted by molar-refractivity contribution is 5.79. The first kappa shape index (κ1) is 19.4. The first-order valence-corrected chi connectivity index (χ1v) is 9.74. The summed E-state index contributed by atoms with van der Waals surface area (Å²) in [5.74, 6) is 3.01. The molecule has 0 bridgehead atoms. The number of oxazole rings is 1. The molecule has 146 valence electrons. The van der Waals surface area contributed by atoms with Crippen LogP contribution in [0.15, 0.2) is 39.9 Å². The molecule has 6 nitrogen and oxygen atoms in total. The number of likely N-dealkylation sites (N-methyl/N-ethyl adjacent to an activating group) is 1. The number of benzene rings is 1. The summed E-state index contributed by atoms with van der Waals surface area (Å²) in [6.45, 7) is 7.76. The molecule has 3 rings (SSSR count). The summed E-state index contributed by atoms with van der Waals surface area (Å²) in [6.07, 6.45) is 4.40. The zero-order valence-electron chi connectivity index (χ0n) is 16.6. The van der Waals surface area contributed by atoms with Crippen molar-refractivity contribution < 1.29 is 9.15 Å². The largest absolute Gasteiger partial charge is 0.439 e. The summed E-state index contributed by atoms with van der Waals surface area (Å²) >= 11 is 0. The molecule has 1 saturated carbocycles. The quantitative estimate of drug-likeness (QED) is 0.416. The van der Waals surface area contributed by atoms with Gasteiger partial charge >= 0.3 is 0 Å². The van der Waals surface area contributed by atoms with E-state index in [2.05, 4.69) is 46.2 Å². The maximum Gasteiger partial charge on any atom is 0.216 e. The van der Waals surface area contributed by atoms with E-state index in [4.69, 9.17) is 9.15 Å². The van der Waals surface area contributed by atoms with Crippen LogP contribution in [0, 0.1) is 12.8 Å². The molecule has 0 amide bonds. The number of aliphatic imine (C=N–C) groups is 1. The van der Waals surface area contributed by atoms with Gasteiger partial charge in [0, 0.05) is 32.3 Å². The van der Waals surface area contributed by atoms with Crippen molar-refractivity contribution >= 4 is 5.96 Å². The zero-order valence-corrected chi connectivity index (χ0v) is 16.6. The van der Waals surface area contributed by atoms with Crippen molar-refractivity contribution in [1.29, 1.82) is 0 Å². The minimum atomic E-state index is 0.404. The molecule has 1 fully saturated rings. The lowest BCUT2D eigenvalue weighted by atomic mass is 10.1. The highest BCUT2D eigenvalue weighted by Crippen LogP contribution is 2.28. The molecule has 1 aliphatic carbocycles. The van der Waals surface area contributed by atoms with Gasteiger partial charge in [-0.1, -0.05) is 29.8 Å². The van der Waals surface area contributed by atoms with Crippen LogP contribution in [0.3, 0.4) is 0 Å². The Morgan fingerprint density at radius 3 is 2.81 bits per heavy atom. The van der Waals surface area contributed by atoms with Crippen LogP contribution >= 0.6 is 0 Å². The van der Waals surface area contributed by atoms with E-state index in [1.54, 1.807) is 6.20 Å². The Hall–Kier alpha value is -2.34. The second-order valence-corrected chi connectivity index (χ2v) is 7.09. The van der Waals surface area contributed by atoms with Gasteiger partial charge in [0.05, 0.1) is 12.8 Å². The lowest BCUT2D eigenvalue weighted by molar-refractivity contribution is 0.115. The Labute approximate surface area is 161 Å². The minimum Gasteiger partial charge on any atom is -0.439 e. The van der Waals surface area contributed by atoms with Gasteiger partial charge in [-0.2, -0.15) is 0 Å². The monoisotopic (exact) mass is 370 g/mol. The molecular formula is C21H30N4O2. The van der Waals surface area contributed by atoms with Crippen LogP contribution in [0.1, 0.15) is 31.2 Å². The van der Waals surface area contributed by atoms with Crippen molar-refractivity contribution in [1.82, 2.24) is 15.2 Å². The van der Waals surface area contributed by atoms with Crippen LogP contribution in [0.5, 0.6) is 0 Å². The average Bonchev–Trinajstić information content (AvgIpc) is 3.38. The fourth-order valence-electron chi connectivity index (χ4n) is 2.69. The first-order valence-electron chi connectivity index (χ1n) is 9.74. The van der Waals surface area contributed by atoms with E-state index in [0.717, 1.165) is 42.9 Å². The first-order chi connectivity index (χ1) is 13.2. The number of ether oxygens (including phenoxy) is 1. The van der Waals surface area contributed by atoms with Crippen molar-refractivity contribution in [3.05, 3.63) is 41.9 Å². The highest BCUT2D eigenvalue weighted by Gasteiger charge is 2.21. The Morgan fingerprint density at radius 1 is 1.33 bits per heavy atom. The van der Waals surface area contributed by atoms with Crippen LogP contribution in [0.25, 0.3) is 11.3 Å². The topological polar surface area (TPSA) is 62.9 Å². The van der Waals surface area contributed by atoms with E-state index >= 15 is 0 Å². The number of nitrogens with one attached hydrogen (secondary N) is 1. The van der Waals surface area contributed by atoms with Gasteiger partial charge in [0.2, 0.25) is 5.89 Å². The number of nitrogens with zero attached hydrogens (tertiary/aromatic N) is 3. The minimum absolute atomic E-state index is 0.404. The van der Waals surface area contributed by atoms with Crippen LogP contribution in [0.4, 0.5) is 0 Å². The summed E-state index contributed by atoms with van der Waals surface area (Å²) in [5.41, 5.74) is 2.25. The molecule has 1 aromatic carbocycles. The molecule has 0 atom stereocenters. The number of rotatable bonds is 9. The zero-order chi connectivity index (χ0) is 19.1. The predicted molar refractivity (Wildman–Crippen MR) is 108 cm³/mol. The maximum absolute atomic E-state index is 5.86. The molecule has 0 spiro atoms. The number of aryl methyl sites for hydroxylation is 1. The van der Waals surface area contributed by atoms with Gasteiger partial charge in [-0.3, -0.25) is 0 Å². The molecule has 1 N–H and O–H groups in total. The number of hydrogen-bond donors (Lipinski definition) is 1. The fraction of sp³-hybridized carbons (Fsp3) is 0.524. The summed E-state index contributed by atoms with van der Waals surface area (Å²) in [7, 11) is 2.02. The van der Waals surface area contributed by atoms with Gasteiger partial charge in [-0.05, 0) is 32.6 Å². The second kappa shape index (κ2) is 9.55. The van der Waals surface area contributed by atoms with Gasteiger partial charge in [0.1, 0.15) is 6.54 Å². The lowest BCUT2D eigenvalue weighted by Gasteiger charge is -2.21. The standard InChI is InChI=1S/C21H30N4O2/c1-4-22-21(25(3)11-12-26-15-17-7-8-17)24-14-20-23-13-19(27-20)18-9-5-16(2)6-10-18/h5-6,9-10,13,17H,4,7-8,11-12,14-15H2,1-3H3,(H,22,24). The third-order valence-electron chi connectivity index (χ3n) is 4.57. The van der Waals surface area contributed by atoms with Crippen LogP contribution in [0.2, 0.25) is 0 Å². The molecular weight excluding hydrogens is 340 g/mol. The van der Waals surface area contributed by atoms with Gasteiger partial charge in [0.15, 0.2) is 11.7 Å². The Bertz CT molecular complexity index is 735. The summed E-state index contributed by atoms with van der Waals surface area (Å²) in [4.78, 5) is 11.1. The van der Waals surface area contributed by atoms with Gasteiger partial charge < -0.3 is 19.4 Å². The average molecular weight is 370 g/mol. The molecule has 1 heterocycles. The summed E-state index contributed by atoms with van der Waals surface area (Å²) in [5, 5.41) is 3.31. The second-order valence-electron chi connectivity index (χ2n) is 7.09. The molecule has 0 saturated heterocycles. The highest BCUT2D eigenvalue weighted by atomic mass is 16.5. The molecule has 0 unspecified atom stereocenters. The van der Waals surface area contributed by atoms with Gasteiger partial charge in [-0.15, -0.1) is 0 Å². The predicted octanol–water partition coefficient (Wildman–Crippen LogP) is 3.47. The van der Waals surface area contributed by atoms with Crippen molar-refractivity contribution in [3.63, 3.8) is 0 Å². The van der Waals surface area contributed by atoms with Crippen LogP contribution in [-0.4, -0.2) is 49.2 Å². The van der Waals surface area contributed by atoms with Crippen molar-refractivity contribution in [2.75, 3.05) is 33.4 Å². The van der Waals surface area contributed by atoms with Crippen LogP contribution in [-0.2, 0) is 11.3 Å². The molecule has 27 heavy (non-hydrogen) atoms. The number of aromatic nitrogens is 1. The molecule has 0 radical (unpaired) electrons. The Balaban J connectivity index is 1.54. The van der Waals surface area contributed by atoms with E-state index in [1.165, 1.54) is 18.4 Å². The lowest BCUT2D eigenvalue weighted by Crippen LogP contribution is -2.40. The maximum atomic E-state index is 5.86. The van der Waals surface area contributed by atoms with Crippen molar-refractivity contribution in [3.8, 4) is 11.3 Å². The fourth-order valence-corrected chi connectivity index (χ4v) is 2.69. The smallest absolute Gasteiger partial charge is 0.216 e. The van der Waals surface area contributed by atoms with Gasteiger partial charge in [0.25, 0.3) is 0 Å². The normalized spacial score (nSPS) is 14.4. The number of guanidine groups is 1. The Kier molecular flexibility index (Phi) is 6.87. The van der Waals surface area contributed by atoms with Crippen molar-refractivity contribution in [2.45, 2.75) is 33.2 Å². The van der Waals surface area contributed by atoms with E-state index in [9.17, 15) is 0 Å². The SMILES string of the molecule is CCNC(=NCc1ncc(-c2ccc(C)cc2)o1)N(C)CCOCC1CC1. The summed E-state index contributed by atoms with van der Waals surface area (Å²) in [6, 6.07) is 8.23. The third-order valence-corrected chi connectivity index (χ3v) is 4.57. The van der Waals surface area contributed by atoms with E-state index in [0.29, 0.717) is 19.0 Å². The van der Waals surface area contributed by atoms with Crippen molar-refractivity contribution in [2.24, 2.45) is 10.9 Å². The molecule has 2 aromatic rings. The molecule has 0 aliphatic heterocycles. The molecule has 1 aliphatic rings. The Morgan fingerprint density at radius 2 is 2.11 bits per heavy atom. The molecule has 1 aromatic heterocycles. The molecule has 6 heteroatoms. The van der Waals surface area contributed by atoms with E-state index < -0.39 is 0 Å². The van der Waals surface area contributed by atoms with E-state index in [1.807, 2.05) is 19.2 Å². The summed E-state index contributed by atoms with van der Waals surface area (Å²) < 4.78 is 11.6. The van der Waals surface area contributed by atoms with Crippen LogP contribution < -0.4 is 5.32 Å².